The molecular formula is C14H19BrF3N. The van der Waals surface area contributed by atoms with Crippen molar-refractivity contribution >= 4 is 15.9 Å². The van der Waals surface area contributed by atoms with E-state index >= 15 is 0 Å². The highest BCUT2D eigenvalue weighted by atomic mass is 79.9. The molecule has 0 aromatic heterocycles. The smallest absolute Gasteiger partial charge is 0.324 e. The van der Waals surface area contributed by atoms with Crippen molar-refractivity contribution in [2.45, 2.75) is 45.3 Å². The van der Waals surface area contributed by atoms with Gasteiger partial charge < -0.3 is 5.73 Å². The van der Waals surface area contributed by atoms with Gasteiger partial charge in [-0.1, -0.05) is 48.7 Å². The summed E-state index contributed by atoms with van der Waals surface area (Å²) >= 11 is 3.08. The lowest BCUT2D eigenvalue weighted by Gasteiger charge is -2.22. The molecule has 2 N–H and O–H groups in total. The van der Waals surface area contributed by atoms with E-state index in [-0.39, 0.29) is 5.56 Å². The summed E-state index contributed by atoms with van der Waals surface area (Å²) in [6.07, 6.45) is -1.92. The van der Waals surface area contributed by atoms with Crippen LogP contribution in [0.5, 0.6) is 0 Å². The van der Waals surface area contributed by atoms with Crippen LogP contribution in [-0.2, 0) is 6.18 Å². The minimum Gasteiger partial charge on any atom is -0.324 e. The zero-order chi connectivity index (χ0) is 14.6. The van der Waals surface area contributed by atoms with E-state index in [9.17, 15) is 13.2 Å². The first kappa shape index (κ1) is 16.5. The van der Waals surface area contributed by atoms with Crippen LogP contribution in [0.2, 0.25) is 0 Å². The van der Waals surface area contributed by atoms with Crippen LogP contribution >= 0.6 is 15.9 Å². The Morgan fingerprint density at radius 1 is 1.21 bits per heavy atom. The van der Waals surface area contributed by atoms with Crippen molar-refractivity contribution < 1.29 is 13.2 Å². The molecule has 1 atom stereocenters. The number of halogens is 4. The Bertz CT molecular complexity index is 414. The van der Waals surface area contributed by atoms with E-state index in [4.69, 9.17) is 5.73 Å². The van der Waals surface area contributed by atoms with Crippen LogP contribution in [0.4, 0.5) is 13.2 Å². The fourth-order valence-electron chi connectivity index (χ4n) is 2.21. The van der Waals surface area contributed by atoms with Gasteiger partial charge in [-0.2, -0.15) is 13.2 Å². The third-order valence-electron chi connectivity index (χ3n) is 3.46. The van der Waals surface area contributed by atoms with Gasteiger partial charge in [0.25, 0.3) is 0 Å². The van der Waals surface area contributed by atoms with Crippen LogP contribution in [0, 0.1) is 5.92 Å². The summed E-state index contributed by atoms with van der Waals surface area (Å²) in [5.74, 6) is 0.361. The van der Waals surface area contributed by atoms with Crippen LogP contribution in [0.25, 0.3) is 0 Å². The van der Waals surface area contributed by atoms with Crippen molar-refractivity contribution in [2.75, 3.05) is 0 Å². The van der Waals surface area contributed by atoms with Gasteiger partial charge in [0.1, 0.15) is 0 Å². The zero-order valence-electron chi connectivity index (χ0n) is 11.1. The van der Waals surface area contributed by atoms with E-state index in [0.717, 1.165) is 18.9 Å². The summed E-state index contributed by atoms with van der Waals surface area (Å²) in [4.78, 5) is 0. The van der Waals surface area contributed by atoms with E-state index in [1.807, 2.05) is 13.8 Å². The largest absolute Gasteiger partial charge is 0.416 e. The Balaban J connectivity index is 3.05. The molecule has 0 bridgehead atoms. The SMILES string of the molecule is CCC(CC)CC(N)c1ccc(Br)cc1C(F)(F)F. The van der Waals surface area contributed by atoms with Gasteiger partial charge in [-0.05, 0) is 30.0 Å². The van der Waals surface area contributed by atoms with Gasteiger partial charge in [0, 0.05) is 10.5 Å². The Morgan fingerprint density at radius 2 is 1.79 bits per heavy atom. The Hall–Kier alpha value is -0.550. The monoisotopic (exact) mass is 337 g/mol. The molecule has 1 aromatic carbocycles. The summed E-state index contributed by atoms with van der Waals surface area (Å²) in [5, 5.41) is 0. The molecule has 0 saturated heterocycles. The van der Waals surface area contributed by atoms with E-state index < -0.39 is 17.8 Å². The van der Waals surface area contributed by atoms with Gasteiger partial charge in [-0.3, -0.25) is 0 Å². The maximum absolute atomic E-state index is 13.0. The third kappa shape index (κ3) is 4.49. The van der Waals surface area contributed by atoms with E-state index in [1.54, 1.807) is 6.07 Å². The van der Waals surface area contributed by atoms with Gasteiger partial charge in [-0.25, -0.2) is 0 Å². The minimum atomic E-state index is -4.37. The third-order valence-corrected chi connectivity index (χ3v) is 3.96. The summed E-state index contributed by atoms with van der Waals surface area (Å²) < 4.78 is 39.5. The molecule has 19 heavy (non-hydrogen) atoms. The van der Waals surface area contributed by atoms with Gasteiger partial charge in [0.2, 0.25) is 0 Å². The lowest BCUT2D eigenvalue weighted by atomic mass is 9.89. The highest BCUT2D eigenvalue weighted by Crippen LogP contribution is 2.37. The standard InChI is InChI=1S/C14H19BrF3N/c1-3-9(4-2)7-13(19)11-6-5-10(15)8-12(11)14(16,17)18/h5-6,8-9,13H,3-4,7,19H2,1-2H3. The number of hydrogen-bond acceptors (Lipinski definition) is 1. The second kappa shape index (κ2) is 6.75. The lowest BCUT2D eigenvalue weighted by molar-refractivity contribution is -0.138. The summed E-state index contributed by atoms with van der Waals surface area (Å²) in [7, 11) is 0. The highest BCUT2D eigenvalue weighted by Gasteiger charge is 2.35. The predicted molar refractivity (Wildman–Crippen MR) is 74.8 cm³/mol. The molecule has 0 amide bonds. The van der Waals surface area contributed by atoms with Gasteiger partial charge in [0.05, 0.1) is 5.56 Å². The van der Waals surface area contributed by atoms with Gasteiger partial charge >= 0.3 is 6.18 Å². The molecule has 0 saturated carbocycles. The first-order valence-electron chi connectivity index (χ1n) is 6.41. The maximum atomic E-state index is 13.0. The molecule has 0 fully saturated rings. The van der Waals surface area contributed by atoms with Crippen LogP contribution < -0.4 is 5.73 Å². The average Bonchev–Trinajstić information content (AvgIpc) is 2.34. The van der Waals surface area contributed by atoms with Crippen LogP contribution in [0.1, 0.15) is 50.3 Å². The molecule has 0 spiro atoms. The second-order valence-electron chi connectivity index (χ2n) is 4.75. The number of rotatable bonds is 5. The molecule has 0 heterocycles. The van der Waals surface area contributed by atoms with Crippen molar-refractivity contribution in [3.05, 3.63) is 33.8 Å². The molecule has 0 aliphatic rings. The van der Waals surface area contributed by atoms with Crippen LogP contribution in [0.15, 0.2) is 22.7 Å². The highest BCUT2D eigenvalue weighted by molar-refractivity contribution is 9.10. The summed E-state index contributed by atoms with van der Waals surface area (Å²) in [5.41, 5.74) is 5.52. The first-order chi connectivity index (χ1) is 8.79. The topological polar surface area (TPSA) is 26.0 Å². The van der Waals surface area contributed by atoms with E-state index in [2.05, 4.69) is 15.9 Å². The number of hydrogen-bond donors (Lipinski definition) is 1. The molecule has 1 nitrogen and oxygen atoms in total. The lowest BCUT2D eigenvalue weighted by Crippen LogP contribution is -2.20. The normalized spacial score (nSPS) is 13.9. The van der Waals surface area contributed by atoms with E-state index in [1.165, 1.54) is 6.07 Å². The molecule has 1 rings (SSSR count). The van der Waals surface area contributed by atoms with E-state index in [0.29, 0.717) is 16.8 Å². The minimum absolute atomic E-state index is 0.183. The Kier molecular flexibility index (Phi) is 5.86. The molecule has 1 unspecified atom stereocenters. The fourth-order valence-corrected chi connectivity index (χ4v) is 2.57. The second-order valence-corrected chi connectivity index (χ2v) is 5.67. The fraction of sp³-hybridized carbons (Fsp3) is 0.571. The van der Waals surface area contributed by atoms with Crippen molar-refractivity contribution in [2.24, 2.45) is 11.7 Å². The zero-order valence-corrected chi connectivity index (χ0v) is 12.7. The number of benzene rings is 1. The Labute approximate surface area is 120 Å². The summed E-state index contributed by atoms with van der Waals surface area (Å²) in [6.45, 7) is 4.07. The van der Waals surface area contributed by atoms with Crippen molar-refractivity contribution in [3.8, 4) is 0 Å². The molecule has 0 aliphatic carbocycles. The molecule has 0 radical (unpaired) electrons. The predicted octanol–water partition coefficient (Wildman–Crippen LogP) is 5.29. The molecule has 1 aromatic rings. The van der Waals surface area contributed by atoms with Crippen molar-refractivity contribution in [3.63, 3.8) is 0 Å². The number of alkyl halides is 3. The molecule has 5 heteroatoms. The summed E-state index contributed by atoms with van der Waals surface area (Å²) in [6, 6.07) is 3.61. The quantitative estimate of drug-likeness (QED) is 0.775. The molecular weight excluding hydrogens is 319 g/mol. The molecule has 0 aliphatic heterocycles. The van der Waals surface area contributed by atoms with Gasteiger partial charge in [-0.15, -0.1) is 0 Å². The first-order valence-corrected chi connectivity index (χ1v) is 7.21. The van der Waals surface area contributed by atoms with Crippen molar-refractivity contribution in [1.82, 2.24) is 0 Å². The van der Waals surface area contributed by atoms with Crippen LogP contribution in [0.3, 0.4) is 0 Å². The van der Waals surface area contributed by atoms with Crippen molar-refractivity contribution in [1.29, 1.82) is 0 Å². The van der Waals surface area contributed by atoms with Crippen LogP contribution in [-0.4, -0.2) is 0 Å². The molecule has 108 valence electrons. The number of nitrogens with two attached hydrogens (primary N) is 1. The Morgan fingerprint density at radius 3 is 2.26 bits per heavy atom. The average molecular weight is 338 g/mol. The maximum Gasteiger partial charge on any atom is 0.416 e. The van der Waals surface area contributed by atoms with Gasteiger partial charge in [0.15, 0.2) is 0 Å².